The average molecular weight is 236 g/mol. The van der Waals surface area contributed by atoms with E-state index in [0.29, 0.717) is 18.9 Å². The van der Waals surface area contributed by atoms with E-state index in [1.165, 1.54) is 0 Å². The monoisotopic (exact) mass is 234 g/mol. The molecular weight excluding hydrogens is 229 g/mol. The summed E-state index contributed by atoms with van der Waals surface area (Å²) in [6.07, 6.45) is 1.77. The first-order valence-corrected chi connectivity index (χ1v) is 4.08. The molecule has 0 spiro atoms. The van der Waals surface area contributed by atoms with Crippen LogP contribution >= 0.6 is 21.6 Å². The third kappa shape index (κ3) is 10.9. The van der Waals surface area contributed by atoms with Crippen molar-refractivity contribution in [3.63, 3.8) is 0 Å². The topological polar surface area (TPSA) is 12.0 Å². The molecule has 0 aliphatic heterocycles. The van der Waals surface area contributed by atoms with Gasteiger partial charge in [0, 0.05) is 0 Å². The van der Waals surface area contributed by atoms with Crippen LogP contribution in [0, 0.1) is 0 Å². The Morgan fingerprint density at radius 3 is 2.57 bits per heavy atom. The van der Waals surface area contributed by atoms with E-state index in [1.807, 2.05) is 0 Å². The molecule has 0 aromatic heterocycles. The molecule has 1 N–H and O–H groups in total. The van der Waals surface area contributed by atoms with Gasteiger partial charge in [-0.1, -0.05) is 0 Å². The van der Waals surface area contributed by atoms with Gasteiger partial charge in [-0.05, 0) is 0 Å². The predicted molar refractivity (Wildman–Crippen MR) is 31.3 cm³/mol. The number of nitrogens with one attached hydrogen (secondary N) is 1. The summed E-state index contributed by atoms with van der Waals surface area (Å²) >= 11 is 0.300. The van der Waals surface area contributed by atoms with E-state index in [-0.39, 0.29) is 12.4 Å². The van der Waals surface area contributed by atoms with Crippen molar-refractivity contribution in [1.82, 2.24) is 3.72 Å². The zero-order valence-electron chi connectivity index (χ0n) is 3.58. The van der Waals surface area contributed by atoms with Gasteiger partial charge in [0.05, 0.1) is 0 Å². The van der Waals surface area contributed by atoms with Crippen molar-refractivity contribution >= 4 is 21.6 Å². The molecule has 0 rings (SSSR count). The number of hydrogen-bond donors (Lipinski definition) is 1. The molecule has 0 unspecified atom stereocenters. The van der Waals surface area contributed by atoms with Gasteiger partial charge in [-0.25, -0.2) is 0 Å². The Bertz CT molecular complexity index is 41.9. The van der Waals surface area contributed by atoms with Crippen LogP contribution in [0.25, 0.3) is 0 Å². The Morgan fingerprint density at radius 1 is 1.86 bits per heavy atom. The summed E-state index contributed by atoms with van der Waals surface area (Å²) in [5.74, 6) is 0. The van der Waals surface area contributed by atoms with Crippen LogP contribution in [0.1, 0.15) is 0 Å². The van der Waals surface area contributed by atoms with Gasteiger partial charge in [-0.15, -0.1) is 12.4 Å². The third-order valence-electron chi connectivity index (χ3n) is 0.246. The van der Waals surface area contributed by atoms with Gasteiger partial charge in [0.25, 0.3) is 0 Å². The Labute approximate surface area is 63.4 Å². The molecule has 1 nitrogen and oxygen atoms in total. The molecule has 0 fully saturated rings. The van der Waals surface area contributed by atoms with Crippen LogP contribution < -0.4 is 3.72 Å². The second-order valence-electron chi connectivity index (χ2n) is 0.656. The molecule has 0 aromatic carbocycles. The van der Waals surface area contributed by atoms with Crippen molar-refractivity contribution in [2.75, 3.05) is 6.54 Å². The number of hydrogen-bond acceptors (Lipinski definition) is 1. The SMILES string of the molecule is C=CC[NH][Ag][Cl].Cl. The van der Waals surface area contributed by atoms with Crippen LogP contribution in [0.3, 0.4) is 0 Å². The minimum absolute atomic E-state index is 0. The Kier molecular flexibility index (Phi) is 15.7. The van der Waals surface area contributed by atoms with Crippen LogP contribution in [0.2, 0.25) is 0 Å². The molecule has 0 aromatic rings. The van der Waals surface area contributed by atoms with Crippen molar-refractivity contribution in [3.05, 3.63) is 12.7 Å². The van der Waals surface area contributed by atoms with Crippen molar-refractivity contribution in [2.24, 2.45) is 0 Å². The number of halogens is 2. The van der Waals surface area contributed by atoms with E-state index in [2.05, 4.69) is 10.3 Å². The van der Waals surface area contributed by atoms with Crippen molar-refractivity contribution in [1.29, 1.82) is 0 Å². The molecule has 7 heavy (non-hydrogen) atoms. The normalized spacial score (nSPS) is 7.57. The fourth-order valence-corrected chi connectivity index (χ4v) is 0.670. The van der Waals surface area contributed by atoms with Crippen molar-refractivity contribution in [2.45, 2.75) is 0 Å². The first-order valence-electron chi connectivity index (χ1n) is 1.43. The summed E-state index contributed by atoms with van der Waals surface area (Å²) in [6, 6.07) is 0. The molecule has 0 atom stereocenters. The second kappa shape index (κ2) is 10.1. The molecule has 0 bridgehead atoms. The fourth-order valence-electron chi connectivity index (χ4n) is 0.0668. The summed E-state index contributed by atoms with van der Waals surface area (Å²) in [5.41, 5.74) is 0. The maximum absolute atomic E-state index is 5.25. The van der Waals surface area contributed by atoms with E-state index in [0.717, 1.165) is 6.54 Å². The Hall–Kier alpha value is 1.02. The molecule has 4 heteroatoms. The van der Waals surface area contributed by atoms with Gasteiger partial charge in [0.15, 0.2) is 0 Å². The summed E-state index contributed by atoms with van der Waals surface area (Å²) < 4.78 is 2.88. The van der Waals surface area contributed by atoms with Crippen LogP contribution in [-0.4, -0.2) is 6.54 Å². The average Bonchev–Trinajstić information content (AvgIpc) is 1.61. The molecule has 49 valence electrons. The van der Waals surface area contributed by atoms with Gasteiger partial charge in [-0.3, -0.25) is 0 Å². The molecule has 0 heterocycles. The smallest absolute Gasteiger partial charge is 0.147 e. The predicted octanol–water partition coefficient (Wildman–Crippen LogP) is 1.34. The molecule has 0 radical (unpaired) electrons. The van der Waals surface area contributed by atoms with Crippen LogP contribution in [0.15, 0.2) is 12.7 Å². The minimum atomic E-state index is 0. The molecular formula is C3H7AgCl2N. The summed E-state index contributed by atoms with van der Waals surface area (Å²) in [6.45, 7) is 4.29. The minimum Gasteiger partial charge on any atom is -0.147 e. The van der Waals surface area contributed by atoms with E-state index < -0.39 is 0 Å². The van der Waals surface area contributed by atoms with Gasteiger partial charge in [-0.2, -0.15) is 0 Å². The molecule has 0 amide bonds. The molecule has 0 saturated carbocycles. The van der Waals surface area contributed by atoms with Crippen molar-refractivity contribution in [3.8, 4) is 0 Å². The largest absolute Gasteiger partial charge is 0.147 e. The maximum Gasteiger partial charge on any atom is -0.147 e. The van der Waals surface area contributed by atoms with E-state index in [4.69, 9.17) is 9.19 Å². The Morgan fingerprint density at radius 2 is 2.43 bits per heavy atom. The Balaban J connectivity index is 0. The summed E-state index contributed by atoms with van der Waals surface area (Å²) in [5, 5.41) is 0. The first-order chi connectivity index (χ1) is 2.91. The molecule has 0 saturated heterocycles. The summed E-state index contributed by atoms with van der Waals surface area (Å²) in [4.78, 5) is 0. The van der Waals surface area contributed by atoms with E-state index in [9.17, 15) is 0 Å². The quantitative estimate of drug-likeness (QED) is 0.442. The third-order valence-corrected chi connectivity index (χ3v) is 1.22. The van der Waals surface area contributed by atoms with Gasteiger partial charge in [0.1, 0.15) is 0 Å². The van der Waals surface area contributed by atoms with Gasteiger partial charge >= 0.3 is 51.0 Å². The van der Waals surface area contributed by atoms with E-state index in [1.54, 1.807) is 6.08 Å². The van der Waals surface area contributed by atoms with Crippen LogP contribution in [0.5, 0.6) is 0 Å². The van der Waals surface area contributed by atoms with Crippen LogP contribution in [0.4, 0.5) is 0 Å². The van der Waals surface area contributed by atoms with Crippen LogP contribution in [-0.2, 0) is 18.9 Å². The maximum atomic E-state index is 5.25. The number of rotatable bonds is 3. The molecule has 0 aliphatic rings. The first kappa shape index (κ1) is 10.9. The van der Waals surface area contributed by atoms with Crippen molar-refractivity contribution < 1.29 is 18.9 Å². The van der Waals surface area contributed by atoms with Gasteiger partial charge < -0.3 is 0 Å². The standard InChI is InChI=1S/C3H6N.Ag.2ClH/c1-2-3-4;;;/h2,4H,1,3H2;;2*1H/q-1;+2;;/p-1. The van der Waals surface area contributed by atoms with Gasteiger partial charge in [0.2, 0.25) is 0 Å². The van der Waals surface area contributed by atoms with E-state index >= 15 is 0 Å². The zero-order chi connectivity index (χ0) is 4.83. The second-order valence-corrected chi connectivity index (χ2v) is 2.13. The fraction of sp³-hybridized carbons (Fsp3) is 0.333. The molecule has 0 aliphatic carbocycles. The summed E-state index contributed by atoms with van der Waals surface area (Å²) in [7, 11) is 5.25. The zero-order valence-corrected chi connectivity index (χ0v) is 6.63.